The lowest BCUT2D eigenvalue weighted by Crippen LogP contribution is -2.05. The lowest BCUT2D eigenvalue weighted by Gasteiger charge is -2.05. The van der Waals surface area contributed by atoms with Crippen molar-refractivity contribution in [3.8, 4) is 0 Å². The zero-order valence-electron chi connectivity index (χ0n) is 7.25. The summed E-state index contributed by atoms with van der Waals surface area (Å²) in [6, 6.07) is 0. The summed E-state index contributed by atoms with van der Waals surface area (Å²) in [5.74, 6) is 1.08. The number of rotatable bonds is 4. The van der Waals surface area contributed by atoms with Gasteiger partial charge in [0.1, 0.15) is 0 Å². The summed E-state index contributed by atoms with van der Waals surface area (Å²) < 4.78 is 4.80. The van der Waals surface area contributed by atoms with Crippen LogP contribution in [-0.4, -0.2) is 12.6 Å². The van der Waals surface area contributed by atoms with Crippen LogP contribution in [0.25, 0.3) is 0 Å². The minimum absolute atomic E-state index is 0.112. The average Bonchev–Trinajstić information content (AvgIpc) is 2.53. The molecule has 12 heavy (non-hydrogen) atoms. The van der Waals surface area contributed by atoms with Crippen molar-refractivity contribution in [3.63, 3.8) is 0 Å². The van der Waals surface area contributed by atoms with Gasteiger partial charge in [0, 0.05) is 6.42 Å². The Morgan fingerprint density at radius 3 is 2.67 bits per heavy atom. The molecule has 0 aromatic heterocycles. The molecule has 0 aliphatic heterocycles. The van der Waals surface area contributed by atoms with Crippen LogP contribution in [0, 0.1) is 31.6 Å². The Balaban J connectivity index is 2.03. The predicted octanol–water partition coefficient (Wildman–Crippen LogP) is 1.73. The van der Waals surface area contributed by atoms with Crippen molar-refractivity contribution < 1.29 is 9.53 Å². The highest BCUT2D eigenvalue weighted by Crippen LogP contribution is 2.27. The quantitative estimate of drug-likeness (QED) is 0.593. The maximum Gasteiger partial charge on any atom is 0.305 e. The van der Waals surface area contributed by atoms with Crippen LogP contribution < -0.4 is 0 Å². The number of carbonyl (C=O) groups is 1. The number of ether oxygens (including phenoxy) is 1. The van der Waals surface area contributed by atoms with E-state index in [-0.39, 0.29) is 5.97 Å². The van der Waals surface area contributed by atoms with Crippen molar-refractivity contribution in [2.24, 2.45) is 0 Å². The van der Waals surface area contributed by atoms with Crippen LogP contribution in [-0.2, 0) is 9.53 Å². The van der Waals surface area contributed by atoms with Gasteiger partial charge < -0.3 is 4.74 Å². The fraction of sp³-hybridized carbons (Fsp3) is 0.400. The highest BCUT2D eigenvalue weighted by Gasteiger charge is 2.17. The second kappa shape index (κ2) is 5.18. The third-order valence-electron chi connectivity index (χ3n) is 1.65. The van der Waals surface area contributed by atoms with E-state index in [1.54, 1.807) is 0 Å². The summed E-state index contributed by atoms with van der Waals surface area (Å²) in [7, 11) is 0. The lowest BCUT2D eigenvalue weighted by atomic mass is 10.0. The molecule has 0 N–H and O–H groups in total. The van der Waals surface area contributed by atoms with Crippen molar-refractivity contribution in [1.82, 2.24) is 0 Å². The molecule has 0 saturated heterocycles. The van der Waals surface area contributed by atoms with Gasteiger partial charge in [-0.15, -0.1) is 0 Å². The third-order valence-corrected chi connectivity index (χ3v) is 1.65. The molecule has 1 aliphatic carbocycles. The van der Waals surface area contributed by atoms with Gasteiger partial charge in [0.15, 0.2) is 0 Å². The van der Waals surface area contributed by atoms with Crippen LogP contribution in [0.1, 0.15) is 19.8 Å². The van der Waals surface area contributed by atoms with Crippen LogP contribution in [0.5, 0.6) is 0 Å². The first kappa shape index (κ1) is 9.56. The van der Waals surface area contributed by atoms with Crippen LogP contribution in [0.4, 0.5) is 0 Å². The Morgan fingerprint density at radius 2 is 2.08 bits per heavy atom. The molecule has 2 heteroatoms. The van der Waals surface area contributed by atoms with Gasteiger partial charge in [-0.1, -0.05) is 0 Å². The van der Waals surface area contributed by atoms with Gasteiger partial charge in [0.25, 0.3) is 0 Å². The maximum atomic E-state index is 10.9. The zero-order valence-corrected chi connectivity index (χ0v) is 7.25. The Kier molecular flexibility index (Phi) is 4.12. The molecule has 0 heterocycles. The van der Waals surface area contributed by atoms with Crippen LogP contribution in [0.3, 0.4) is 0 Å². The summed E-state index contributed by atoms with van der Waals surface area (Å²) in [6.07, 6.45) is 9.24. The van der Waals surface area contributed by atoms with E-state index in [2.05, 4.69) is 0 Å². The van der Waals surface area contributed by atoms with Crippen molar-refractivity contribution in [2.75, 3.05) is 6.61 Å². The molecule has 1 saturated carbocycles. The number of esters is 1. The normalized spacial score (nSPS) is 18.1. The largest absolute Gasteiger partial charge is 0.466 e. The monoisotopic (exact) mass is 165 g/mol. The van der Waals surface area contributed by atoms with E-state index in [4.69, 9.17) is 4.74 Å². The predicted molar refractivity (Wildman–Crippen MR) is 46.3 cm³/mol. The fourth-order valence-electron chi connectivity index (χ4n) is 1.06. The molecular formula is C10H13O2. The summed E-state index contributed by atoms with van der Waals surface area (Å²) in [4.78, 5) is 10.9. The summed E-state index contributed by atoms with van der Waals surface area (Å²) in [6.45, 7) is 2.29. The Morgan fingerprint density at radius 1 is 1.42 bits per heavy atom. The number of hydrogen-bond acceptors (Lipinski definition) is 2. The molecule has 0 aromatic carbocycles. The van der Waals surface area contributed by atoms with E-state index >= 15 is 0 Å². The van der Waals surface area contributed by atoms with Gasteiger partial charge in [-0.05, 0) is 44.9 Å². The van der Waals surface area contributed by atoms with Gasteiger partial charge >= 0.3 is 5.97 Å². The van der Waals surface area contributed by atoms with E-state index in [1.165, 1.54) is 5.92 Å². The molecule has 0 spiro atoms. The molecule has 0 bridgehead atoms. The smallest absolute Gasteiger partial charge is 0.305 e. The molecule has 65 valence electrons. The second-order valence-electron chi connectivity index (χ2n) is 2.60. The molecule has 1 aliphatic rings. The van der Waals surface area contributed by atoms with Crippen LogP contribution >= 0.6 is 0 Å². The summed E-state index contributed by atoms with van der Waals surface area (Å²) in [5, 5.41) is 0. The first-order chi connectivity index (χ1) is 5.83. The van der Waals surface area contributed by atoms with E-state index in [9.17, 15) is 4.79 Å². The topological polar surface area (TPSA) is 26.3 Å². The van der Waals surface area contributed by atoms with E-state index in [0.29, 0.717) is 13.0 Å². The minimum atomic E-state index is -0.112. The summed E-state index contributed by atoms with van der Waals surface area (Å²) in [5.41, 5.74) is 0. The number of hydrogen-bond donors (Lipinski definition) is 0. The van der Waals surface area contributed by atoms with Crippen molar-refractivity contribution >= 4 is 5.97 Å². The van der Waals surface area contributed by atoms with Gasteiger partial charge in [-0.2, -0.15) is 0 Å². The molecule has 0 amide bonds. The molecule has 2 nitrogen and oxygen atoms in total. The highest BCUT2D eigenvalue weighted by molar-refractivity contribution is 5.69. The van der Waals surface area contributed by atoms with Gasteiger partial charge in [-0.3, -0.25) is 4.79 Å². The summed E-state index contributed by atoms with van der Waals surface area (Å²) >= 11 is 0. The highest BCUT2D eigenvalue weighted by atomic mass is 16.5. The molecule has 1 rings (SSSR count). The SMILES string of the molecule is CCOC(=O)CC[C]1[CH][CH][CH][CH]1. The van der Waals surface area contributed by atoms with Gasteiger partial charge in [0.2, 0.25) is 0 Å². The molecule has 1 fully saturated rings. The molecule has 0 aromatic rings. The standard InChI is InChI=1S/C10H13O2/c1-2-12-10(11)8-7-9-5-3-4-6-9/h3-6H,2,7-8H2,1H3. The zero-order chi connectivity index (χ0) is 8.81. The van der Waals surface area contributed by atoms with E-state index < -0.39 is 0 Å². The molecular weight excluding hydrogens is 152 g/mol. The third kappa shape index (κ3) is 3.24. The number of carbonyl (C=O) groups excluding carboxylic acids is 1. The first-order valence-corrected chi connectivity index (χ1v) is 4.19. The molecule has 0 atom stereocenters. The van der Waals surface area contributed by atoms with E-state index in [0.717, 1.165) is 6.42 Å². The lowest BCUT2D eigenvalue weighted by molar-refractivity contribution is -0.143. The van der Waals surface area contributed by atoms with E-state index in [1.807, 2.05) is 32.6 Å². The minimum Gasteiger partial charge on any atom is -0.466 e. The van der Waals surface area contributed by atoms with Crippen LogP contribution in [0.2, 0.25) is 0 Å². The Bertz CT molecular complexity index is 137. The van der Waals surface area contributed by atoms with Crippen LogP contribution in [0.15, 0.2) is 0 Å². The molecule has 0 unspecified atom stereocenters. The first-order valence-electron chi connectivity index (χ1n) is 4.19. The second-order valence-corrected chi connectivity index (χ2v) is 2.60. The average molecular weight is 165 g/mol. The van der Waals surface area contributed by atoms with Crippen molar-refractivity contribution in [2.45, 2.75) is 19.8 Å². The Labute approximate surface area is 74.3 Å². The molecule has 5 radical (unpaired) electrons. The van der Waals surface area contributed by atoms with Gasteiger partial charge in [0.05, 0.1) is 6.61 Å². The van der Waals surface area contributed by atoms with Crippen molar-refractivity contribution in [1.29, 1.82) is 0 Å². The van der Waals surface area contributed by atoms with Gasteiger partial charge in [-0.25, -0.2) is 0 Å². The maximum absolute atomic E-state index is 10.9. The van der Waals surface area contributed by atoms with Crippen molar-refractivity contribution in [3.05, 3.63) is 31.6 Å². The fourth-order valence-corrected chi connectivity index (χ4v) is 1.06. The Hall–Kier alpha value is -0.530.